The van der Waals surface area contributed by atoms with E-state index in [2.05, 4.69) is 10.6 Å². The molecule has 0 radical (unpaired) electrons. The van der Waals surface area contributed by atoms with Gasteiger partial charge in [0.15, 0.2) is 0 Å². The first-order valence-electron chi connectivity index (χ1n) is 11.0. The monoisotopic (exact) mass is 420 g/mol. The molecule has 0 bridgehead atoms. The van der Waals surface area contributed by atoms with Gasteiger partial charge in [-0.25, -0.2) is 9.78 Å². The zero-order chi connectivity index (χ0) is 20.2. The first kappa shape index (κ1) is 20.6. The first-order chi connectivity index (χ1) is 14.1. The summed E-state index contributed by atoms with van der Waals surface area (Å²) in [5, 5.41) is 7.89. The lowest BCUT2D eigenvalue weighted by molar-refractivity contribution is -0.146. The Hall–Kier alpha value is -1.67. The highest BCUT2D eigenvalue weighted by molar-refractivity contribution is 7.11. The van der Waals surface area contributed by atoms with Crippen LogP contribution in [0.1, 0.15) is 60.0 Å². The van der Waals surface area contributed by atoms with Crippen molar-refractivity contribution in [1.82, 2.24) is 20.5 Å². The van der Waals surface area contributed by atoms with Gasteiger partial charge in [-0.1, -0.05) is 0 Å². The molecule has 1 aliphatic carbocycles. The highest BCUT2D eigenvalue weighted by Crippen LogP contribution is 2.33. The van der Waals surface area contributed by atoms with Crippen LogP contribution < -0.4 is 10.6 Å². The van der Waals surface area contributed by atoms with Crippen LogP contribution in [0, 0.1) is 5.92 Å². The van der Waals surface area contributed by atoms with E-state index in [0.29, 0.717) is 5.92 Å². The number of nitrogens with zero attached hydrogens (tertiary/aromatic N) is 2. The van der Waals surface area contributed by atoms with Crippen LogP contribution in [0.25, 0.3) is 0 Å². The van der Waals surface area contributed by atoms with E-state index < -0.39 is 0 Å². The third kappa shape index (κ3) is 4.91. The fraction of sp³-hybridized carbons (Fsp3) is 0.762. The van der Waals surface area contributed by atoms with Crippen molar-refractivity contribution in [1.29, 1.82) is 0 Å². The van der Waals surface area contributed by atoms with Crippen LogP contribution in [-0.2, 0) is 22.4 Å². The van der Waals surface area contributed by atoms with Crippen LogP contribution >= 0.6 is 11.3 Å². The van der Waals surface area contributed by atoms with E-state index in [0.717, 1.165) is 77.5 Å². The number of aromatic nitrogens is 1. The SMILES string of the molecule is COC(=O)C1CCC(NC(=O)N2CCC(c3nc4c(s3)CCNCC4)CC2)CC1. The number of thiazole rings is 1. The molecule has 1 saturated heterocycles. The number of nitrogens with one attached hydrogen (secondary N) is 2. The normalized spacial score (nSPS) is 25.8. The molecule has 7 nitrogen and oxygen atoms in total. The highest BCUT2D eigenvalue weighted by atomic mass is 32.1. The van der Waals surface area contributed by atoms with E-state index in [1.807, 2.05) is 16.2 Å². The fourth-order valence-electron chi connectivity index (χ4n) is 4.74. The molecule has 0 aromatic carbocycles. The number of carbonyl (C=O) groups excluding carboxylic acids is 2. The van der Waals surface area contributed by atoms with Crippen LogP contribution in [0.3, 0.4) is 0 Å². The van der Waals surface area contributed by atoms with Crippen molar-refractivity contribution in [3.63, 3.8) is 0 Å². The molecule has 3 aliphatic rings. The number of hydrogen-bond acceptors (Lipinski definition) is 6. The fourth-order valence-corrected chi connectivity index (χ4v) is 6.02. The average molecular weight is 421 g/mol. The summed E-state index contributed by atoms with van der Waals surface area (Å²) in [6.07, 6.45) is 7.40. The minimum Gasteiger partial charge on any atom is -0.469 e. The van der Waals surface area contributed by atoms with Crippen molar-refractivity contribution in [3.8, 4) is 0 Å². The molecular formula is C21H32N4O3S. The maximum Gasteiger partial charge on any atom is 0.317 e. The molecule has 0 atom stereocenters. The van der Waals surface area contributed by atoms with Gasteiger partial charge in [0, 0.05) is 49.4 Å². The van der Waals surface area contributed by atoms with Gasteiger partial charge >= 0.3 is 12.0 Å². The topological polar surface area (TPSA) is 83.6 Å². The molecule has 0 spiro atoms. The summed E-state index contributed by atoms with van der Waals surface area (Å²) < 4.78 is 4.84. The molecule has 1 aromatic rings. The number of methoxy groups -OCH3 is 1. The minimum absolute atomic E-state index is 0.00639. The standard InChI is InChI=1S/C21H32N4O3S/c1-28-20(26)15-2-4-16(5-3-15)23-21(27)25-12-8-14(9-13-25)19-24-17-6-10-22-11-7-18(17)29-19/h14-16,22H,2-13H2,1H3,(H,23,27). The van der Waals surface area contributed by atoms with Crippen molar-refractivity contribution >= 4 is 23.3 Å². The maximum atomic E-state index is 12.7. The molecule has 1 saturated carbocycles. The maximum absolute atomic E-state index is 12.7. The predicted molar refractivity (Wildman–Crippen MR) is 112 cm³/mol. The Kier molecular flexibility index (Phi) is 6.70. The molecule has 8 heteroatoms. The molecule has 4 rings (SSSR count). The Balaban J connectivity index is 1.23. The number of amides is 2. The third-order valence-corrected chi connectivity index (χ3v) is 7.90. The van der Waals surface area contributed by atoms with E-state index in [1.165, 1.54) is 22.7 Å². The Labute approximate surface area is 176 Å². The lowest BCUT2D eigenvalue weighted by Crippen LogP contribution is -2.48. The van der Waals surface area contributed by atoms with Crippen molar-refractivity contribution in [3.05, 3.63) is 15.6 Å². The van der Waals surface area contributed by atoms with Gasteiger partial charge in [0.25, 0.3) is 0 Å². The molecule has 2 aliphatic heterocycles. The summed E-state index contributed by atoms with van der Waals surface area (Å²) in [7, 11) is 1.44. The molecular weight excluding hydrogens is 388 g/mol. The van der Waals surface area contributed by atoms with Gasteiger partial charge in [0.1, 0.15) is 0 Å². The lowest BCUT2D eigenvalue weighted by Gasteiger charge is -2.34. The smallest absolute Gasteiger partial charge is 0.317 e. The molecule has 0 unspecified atom stereocenters. The molecule has 160 valence electrons. The highest BCUT2D eigenvalue weighted by Gasteiger charge is 2.31. The Morgan fingerprint density at radius 3 is 2.55 bits per heavy atom. The minimum atomic E-state index is -0.118. The molecule has 2 N–H and O–H groups in total. The quantitative estimate of drug-likeness (QED) is 0.734. The lowest BCUT2D eigenvalue weighted by atomic mass is 9.86. The predicted octanol–water partition coefficient (Wildman–Crippen LogP) is 2.45. The summed E-state index contributed by atoms with van der Waals surface area (Å²) in [5.41, 5.74) is 1.29. The largest absolute Gasteiger partial charge is 0.469 e. The Morgan fingerprint density at radius 2 is 1.83 bits per heavy atom. The zero-order valence-corrected chi connectivity index (χ0v) is 18.1. The van der Waals surface area contributed by atoms with E-state index >= 15 is 0 Å². The van der Waals surface area contributed by atoms with E-state index in [1.54, 1.807) is 0 Å². The number of urea groups is 1. The van der Waals surface area contributed by atoms with Gasteiger partial charge < -0.3 is 20.3 Å². The molecule has 29 heavy (non-hydrogen) atoms. The number of rotatable bonds is 3. The number of esters is 1. The number of piperidine rings is 1. The number of carbonyl (C=O) groups is 2. The Bertz CT molecular complexity index is 698. The van der Waals surface area contributed by atoms with E-state index in [9.17, 15) is 9.59 Å². The number of ether oxygens (including phenoxy) is 1. The van der Waals surface area contributed by atoms with Crippen LogP contribution in [0.4, 0.5) is 4.79 Å². The summed E-state index contributed by atoms with van der Waals surface area (Å²) in [4.78, 5) is 32.7. The second-order valence-electron chi connectivity index (χ2n) is 8.45. The van der Waals surface area contributed by atoms with Crippen molar-refractivity contribution in [2.45, 2.75) is 63.3 Å². The molecule has 2 amide bonds. The second kappa shape index (κ2) is 9.43. The number of likely N-dealkylation sites (tertiary alicyclic amines) is 1. The third-order valence-electron chi connectivity index (χ3n) is 6.58. The molecule has 1 aromatic heterocycles. The Morgan fingerprint density at radius 1 is 1.10 bits per heavy atom. The van der Waals surface area contributed by atoms with Gasteiger partial charge in [-0.2, -0.15) is 0 Å². The summed E-state index contributed by atoms with van der Waals surface area (Å²) in [6.45, 7) is 3.66. The van der Waals surface area contributed by atoms with Crippen LogP contribution in [0.15, 0.2) is 0 Å². The molecule has 2 fully saturated rings. The van der Waals surface area contributed by atoms with Gasteiger partial charge in [0.05, 0.1) is 23.7 Å². The summed E-state index contributed by atoms with van der Waals surface area (Å²) in [5.74, 6) is 0.361. The van der Waals surface area contributed by atoms with Gasteiger partial charge in [0.2, 0.25) is 0 Å². The van der Waals surface area contributed by atoms with Crippen molar-refractivity contribution in [2.24, 2.45) is 5.92 Å². The van der Waals surface area contributed by atoms with Crippen LogP contribution in [0.2, 0.25) is 0 Å². The number of fused-ring (bicyclic) bond motifs is 1. The summed E-state index contributed by atoms with van der Waals surface area (Å²) >= 11 is 1.89. The summed E-state index contributed by atoms with van der Waals surface area (Å²) in [6, 6.07) is 0.218. The van der Waals surface area contributed by atoms with Crippen molar-refractivity contribution in [2.75, 3.05) is 33.3 Å². The zero-order valence-electron chi connectivity index (χ0n) is 17.2. The average Bonchev–Trinajstić information content (AvgIpc) is 3.04. The van der Waals surface area contributed by atoms with Gasteiger partial charge in [-0.3, -0.25) is 4.79 Å². The van der Waals surface area contributed by atoms with Crippen LogP contribution in [0.5, 0.6) is 0 Å². The van der Waals surface area contributed by atoms with E-state index in [-0.39, 0.29) is 24.0 Å². The second-order valence-corrected chi connectivity index (χ2v) is 9.57. The van der Waals surface area contributed by atoms with E-state index in [4.69, 9.17) is 9.72 Å². The number of hydrogen-bond donors (Lipinski definition) is 2. The van der Waals surface area contributed by atoms with Gasteiger partial charge in [-0.05, 0) is 44.9 Å². The van der Waals surface area contributed by atoms with Crippen molar-refractivity contribution < 1.29 is 14.3 Å². The van der Waals surface area contributed by atoms with Crippen LogP contribution in [-0.4, -0.2) is 61.2 Å². The van der Waals surface area contributed by atoms with Gasteiger partial charge in [-0.15, -0.1) is 11.3 Å². The first-order valence-corrected chi connectivity index (χ1v) is 11.8. The molecule has 3 heterocycles.